The molecule has 0 spiro atoms. The van der Waals surface area contributed by atoms with E-state index in [0.29, 0.717) is 25.3 Å². The van der Waals surface area contributed by atoms with E-state index in [1.165, 1.54) is 0 Å². The van der Waals surface area contributed by atoms with Crippen molar-refractivity contribution in [2.75, 3.05) is 33.4 Å². The number of methoxy groups -OCH3 is 1. The SMILES string of the molecule is COCCN1C(C)CN(C(=O)c2cn[nH]c2-c2cccnc2)CC1C. The number of hydrogen-bond acceptors (Lipinski definition) is 5. The normalized spacial score (nSPS) is 21.5. The van der Waals surface area contributed by atoms with Crippen molar-refractivity contribution in [2.45, 2.75) is 25.9 Å². The van der Waals surface area contributed by atoms with Crippen molar-refractivity contribution >= 4 is 5.91 Å². The maximum absolute atomic E-state index is 13.1. The van der Waals surface area contributed by atoms with Crippen LogP contribution in [0.5, 0.6) is 0 Å². The van der Waals surface area contributed by atoms with Gasteiger partial charge in [0.1, 0.15) is 0 Å². The van der Waals surface area contributed by atoms with E-state index >= 15 is 0 Å². The van der Waals surface area contributed by atoms with Crippen LogP contribution in [0.2, 0.25) is 0 Å². The fourth-order valence-electron chi connectivity index (χ4n) is 3.51. The first-order chi connectivity index (χ1) is 12.1. The number of carbonyl (C=O) groups excluding carboxylic acids is 1. The number of ether oxygens (including phenoxy) is 1. The van der Waals surface area contributed by atoms with Crippen molar-refractivity contribution in [2.24, 2.45) is 0 Å². The topological polar surface area (TPSA) is 74.3 Å². The Labute approximate surface area is 148 Å². The zero-order valence-electron chi connectivity index (χ0n) is 15.0. The van der Waals surface area contributed by atoms with Crippen molar-refractivity contribution in [1.82, 2.24) is 25.0 Å². The van der Waals surface area contributed by atoms with Crippen LogP contribution in [-0.4, -0.2) is 76.3 Å². The third-order valence-corrected chi connectivity index (χ3v) is 4.76. The van der Waals surface area contributed by atoms with Crippen LogP contribution in [-0.2, 0) is 4.74 Å². The molecule has 2 atom stereocenters. The van der Waals surface area contributed by atoms with Gasteiger partial charge >= 0.3 is 0 Å². The minimum atomic E-state index is 0.0118. The lowest BCUT2D eigenvalue weighted by molar-refractivity contribution is 0.0194. The summed E-state index contributed by atoms with van der Waals surface area (Å²) in [5.41, 5.74) is 2.18. The van der Waals surface area contributed by atoms with Crippen LogP contribution in [0.1, 0.15) is 24.2 Å². The Morgan fingerprint density at radius 1 is 1.32 bits per heavy atom. The smallest absolute Gasteiger partial charge is 0.257 e. The third-order valence-electron chi connectivity index (χ3n) is 4.76. The molecular formula is C18H25N5O2. The average Bonchev–Trinajstić information content (AvgIpc) is 3.10. The van der Waals surface area contributed by atoms with Gasteiger partial charge in [-0.15, -0.1) is 0 Å². The number of H-pyrrole nitrogens is 1. The lowest BCUT2D eigenvalue weighted by Gasteiger charge is -2.44. The number of amides is 1. The van der Waals surface area contributed by atoms with Crippen LogP contribution in [0.25, 0.3) is 11.3 Å². The third kappa shape index (κ3) is 3.72. The molecule has 7 heteroatoms. The van der Waals surface area contributed by atoms with Crippen LogP contribution >= 0.6 is 0 Å². The number of pyridine rings is 1. The number of rotatable bonds is 5. The molecule has 1 fully saturated rings. The Morgan fingerprint density at radius 2 is 2.08 bits per heavy atom. The van der Waals surface area contributed by atoms with Crippen molar-refractivity contribution in [3.63, 3.8) is 0 Å². The maximum atomic E-state index is 13.1. The minimum absolute atomic E-state index is 0.0118. The molecule has 3 rings (SSSR count). The molecule has 2 aromatic heterocycles. The summed E-state index contributed by atoms with van der Waals surface area (Å²) in [6.45, 7) is 7.30. The summed E-state index contributed by atoms with van der Waals surface area (Å²) in [4.78, 5) is 21.5. The molecule has 1 aliphatic rings. The Bertz CT molecular complexity index is 691. The molecule has 1 N–H and O–H groups in total. The van der Waals surface area contributed by atoms with Crippen LogP contribution in [0, 0.1) is 0 Å². The van der Waals surface area contributed by atoms with E-state index in [-0.39, 0.29) is 18.0 Å². The molecule has 1 saturated heterocycles. The molecule has 0 aromatic carbocycles. The van der Waals surface area contributed by atoms with E-state index in [1.807, 2.05) is 17.0 Å². The van der Waals surface area contributed by atoms with Crippen molar-refractivity contribution in [1.29, 1.82) is 0 Å². The maximum Gasteiger partial charge on any atom is 0.257 e. The summed E-state index contributed by atoms with van der Waals surface area (Å²) >= 11 is 0. The Kier molecular flexibility index (Phi) is 5.45. The van der Waals surface area contributed by atoms with Gasteiger partial charge in [-0.1, -0.05) is 0 Å². The quantitative estimate of drug-likeness (QED) is 0.894. The zero-order chi connectivity index (χ0) is 17.8. The minimum Gasteiger partial charge on any atom is -0.383 e. The lowest BCUT2D eigenvalue weighted by atomic mass is 10.1. The fourth-order valence-corrected chi connectivity index (χ4v) is 3.51. The van der Waals surface area contributed by atoms with E-state index < -0.39 is 0 Å². The Balaban J connectivity index is 1.76. The average molecular weight is 343 g/mol. The largest absolute Gasteiger partial charge is 0.383 e. The van der Waals surface area contributed by atoms with Crippen LogP contribution in [0.15, 0.2) is 30.7 Å². The molecular weight excluding hydrogens is 318 g/mol. The Morgan fingerprint density at radius 3 is 2.72 bits per heavy atom. The van der Waals surface area contributed by atoms with Gasteiger partial charge in [0, 0.05) is 56.8 Å². The van der Waals surface area contributed by atoms with E-state index in [0.717, 1.165) is 17.8 Å². The van der Waals surface area contributed by atoms with Gasteiger partial charge in [0.25, 0.3) is 5.91 Å². The first-order valence-electron chi connectivity index (χ1n) is 8.59. The molecule has 1 amide bonds. The molecule has 25 heavy (non-hydrogen) atoms. The molecule has 0 bridgehead atoms. The molecule has 0 aliphatic carbocycles. The monoisotopic (exact) mass is 343 g/mol. The number of nitrogens with zero attached hydrogens (tertiary/aromatic N) is 4. The summed E-state index contributed by atoms with van der Waals surface area (Å²) in [5, 5.41) is 7.02. The fraction of sp³-hybridized carbons (Fsp3) is 0.500. The summed E-state index contributed by atoms with van der Waals surface area (Å²) in [6.07, 6.45) is 5.06. The Hall–Kier alpha value is -2.25. The second-order valence-corrected chi connectivity index (χ2v) is 6.54. The predicted octanol–water partition coefficient (Wildman–Crippen LogP) is 1.65. The van der Waals surface area contributed by atoms with Crippen molar-refractivity contribution in [3.8, 4) is 11.3 Å². The number of nitrogens with one attached hydrogen (secondary N) is 1. The molecule has 2 unspecified atom stereocenters. The summed E-state index contributed by atoms with van der Waals surface area (Å²) in [6, 6.07) is 4.35. The van der Waals surface area contributed by atoms with Gasteiger partial charge in [0.15, 0.2) is 0 Å². The van der Waals surface area contributed by atoms with Crippen LogP contribution < -0.4 is 0 Å². The molecule has 0 radical (unpaired) electrons. The molecule has 3 heterocycles. The second kappa shape index (κ2) is 7.76. The van der Waals surface area contributed by atoms with Gasteiger partial charge in [-0.25, -0.2) is 0 Å². The highest BCUT2D eigenvalue weighted by molar-refractivity contribution is 5.99. The molecule has 7 nitrogen and oxygen atoms in total. The van der Waals surface area contributed by atoms with Gasteiger partial charge in [-0.3, -0.25) is 19.8 Å². The van der Waals surface area contributed by atoms with Gasteiger partial charge < -0.3 is 9.64 Å². The highest BCUT2D eigenvalue weighted by atomic mass is 16.5. The van der Waals surface area contributed by atoms with Gasteiger partial charge in [0.2, 0.25) is 0 Å². The number of aromatic nitrogens is 3. The van der Waals surface area contributed by atoms with Gasteiger partial charge in [-0.05, 0) is 26.0 Å². The van der Waals surface area contributed by atoms with E-state index in [9.17, 15) is 4.79 Å². The van der Waals surface area contributed by atoms with E-state index in [2.05, 4.69) is 33.9 Å². The lowest BCUT2D eigenvalue weighted by Crippen LogP contribution is -2.58. The number of aromatic amines is 1. The second-order valence-electron chi connectivity index (χ2n) is 6.54. The molecule has 0 saturated carbocycles. The zero-order valence-corrected chi connectivity index (χ0v) is 15.0. The summed E-state index contributed by atoms with van der Waals surface area (Å²) < 4.78 is 5.20. The summed E-state index contributed by atoms with van der Waals surface area (Å²) in [5.74, 6) is 0.0118. The van der Waals surface area contributed by atoms with E-state index in [1.54, 1.807) is 25.7 Å². The molecule has 1 aliphatic heterocycles. The highest BCUT2D eigenvalue weighted by Gasteiger charge is 2.33. The van der Waals surface area contributed by atoms with Gasteiger partial charge in [0.05, 0.1) is 24.1 Å². The van der Waals surface area contributed by atoms with Crippen LogP contribution in [0.4, 0.5) is 0 Å². The summed E-state index contributed by atoms with van der Waals surface area (Å²) in [7, 11) is 1.72. The van der Waals surface area contributed by atoms with Crippen molar-refractivity contribution < 1.29 is 9.53 Å². The van der Waals surface area contributed by atoms with E-state index in [4.69, 9.17) is 4.74 Å². The first kappa shape index (κ1) is 17.6. The van der Waals surface area contributed by atoms with Crippen molar-refractivity contribution in [3.05, 3.63) is 36.3 Å². The number of carbonyl (C=O) groups is 1. The number of hydrogen-bond donors (Lipinski definition) is 1. The standard InChI is InChI=1S/C18H25N5O2/c1-13-11-22(12-14(2)23(13)7-8-25-3)18(24)16-10-20-21-17(16)15-5-4-6-19-9-15/h4-6,9-10,13-14H,7-8,11-12H2,1-3H3,(H,20,21). The highest BCUT2D eigenvalue weighted by Crippen LogP contribution is 2.23. The predicted molar refractivity (Wildman–Crippen MR) is 95.2 cm³/mol. The molecule has 134 valence electrons. The van der Waals surface area contributed by atoms with Crippen LogP contribution in [0.3, 0.4) is 0 Å². The number of piperazine rings is 1. The molecule has 2 aromatic rings. The first-order valence-corrected chi connectivity index (χ1v) is 8.59. The van der Waals surface area contributed by atoms with Gasteiger partial charge in [-0.2, -0.15) is 5.10 Å².